The van der Waals surface area contributed by atoms with Crippen molar-refractivity contribution >= 4 is 38.5 Å². The average molecular weight is 344 g/mol. The van der Waals surface area contributed by atoms with Gasteiger partial charge in [-0.15, -0.1) is 0 Å². The van der Waals surface area contributed by atoms with Gasteiger partial charge in [-0.1, -0.05) is 17.9 Å². The van der Waals surface area contributed by atoms with Gasteiger partial charge in [0.1, 0.15) is 0 Å². The van der Waals surface area contributed by atoms with Crippen LogP contribution in [0, 0.1) is 0 Å². The standard InChI is InChI=1S/C17H20N4O2S/c1-11(2)15(22)19-17-18-13-5-4-12(10-14(13)24-17)16(23)21-8-6-20(3)7-9-21/h4-5,10H,1,6-9H2,2-3H3,(H,18,19,22). The zero-order chi connectivity index (χ0) is 17.3. The fourth-order valence-electron chi connectivity index (χ4n) is 2.51. The van der Waals surface area contributed by atoms with Crippen molar-refractivity contribution in [3.8, 4) is 0 Å². The van der Waals surface area contributed by atoms with Crippen molar-refractivity contribution < 1.29 is 9.59 Å². The third-order valence-corrected chi connectivity index (χ3v) is 4.97. The Kier molecular flexibility index (Phi) is 4.64. The number of nitrogens with one attached hydrogen (secondary N) is 1. The summed E-state index contributed by atoms with van der Waals surface area (Å²) in [6.07, 6.45) is 0. The number of rotatable bonds is 3. The van der Waals surface area contributed by atoms with Crippen molar-refractivity contribution in [1.29, 1.82) is 0 Å². The molecule has 6 nitrogen and oxygen atoms in total. The lowest BCUT2D eigenvalue weighted by Crippen LogP contribution is -2.47. The second-order valence-corrected chi connectivity index (χ2v) is 7.06. The van der Waals surface area contributed by atoms with Crippen molar-refractivity contribution in [3.63, 3.8) is 0 Å². The Morgan fingerprint density at radius 1 is 1.25 bits per heavy atom. The maximum Gasteiger partial charge on any atom is 0.253 e. The van der Waals surface area contributed by atoms with E-state index in [9.17, 15) is 9.59 Å². The number of amides is 2. The van der Waals surface area contributed by atoms with Crippen molar-refractivity contribution in [2.45, 2.75) is 6.92 Å². The van der Waals surface area contributed by atoms with E-state index in [-0.39, 0.29) is 11.8 Å². The summed E-state index contributed by atoms with van der Waals surface area (Å²) < 4.78 is 0.881. The number of aromatic nitrogens is 1. The molecule has 1 aliphatic rings. The molecule has 0 aliphatic carbocycles. The molecule has 1 N–H and O–H groups in total. The average Bonchev–Trinajstić information content (AvgIpc) is 2.96. The molecule has 2 heterocycles. The summed E-state index contributed by atoms with van der Waals surface area (Å²) in [6.45, 7) is 8.54. The number of nitrogens with zero attached hydrogens (tertiary/aromatic N) is 3. The van der Waals surface area contributed by atoms with E-state index in [1.165, 1.54) is 11.3 Å². The second kappa shape index (κ2) is 6.70. The van der Waals surface area contributed by atoms with Crippen LogP contribution in [-0.4, -0.2) is 59.8 Å². The van der Waals surface area contributed by atoms with Crippen LogP contribution in [0.25, 0.3) is 10.2 Å². The first-order valence-electron chi connectivity index (χ1n) is 7.79. The molecular formula is C17H20N4O2S. The van der Waals surface area contributed by atoms with E-state index in [0.717, 1.165) is 36.4 Å². The summed E-state index contributed by atoms with van der Waals surface area (Å²) in [5, 5.41) is 3.23. The molecule has 1 aromatic heterocycles. The third-order valence-electron chi connectivity index (χ3n) is 4.03. The number of fused-ring (bicyclic) bond motifs is 1. The lowest BCUT2D eigenvalue weighted by atomic mass is 10.1. The van der Waals surface area contributed by atoms with Crippen LogP contribution in [-0.2, 0) is 4.79 Å². The van der Waals surface area contributed by atoms with Crippen LogP contribution in [0.3, 0.4) is 0 Å². The molecular weight excluding hydrogens is 324 g/mol. The van der Waals surface area contributed by atoms with Gasteiger partial charge in [-0.05, 0) is 32.2 Å². The molecule has 0 spiro atoms. The SMILES string of the molecule is C=C(C)C(=O)Nc1nc2ccc(C(=O)N3CCN(C)CC3)cc2s1. The molecule has 3 rings (SSSR count). The van der Waals surface area contributed by atoms with Crippen molar-refractivity contribution in [3.05, 3.63) is 35.9 Å². The van der Waals surface area contributed by atoms with Gasteiger partial charge < -0.3 is 9.80 Å². The predicted octanol–water partition coefficient (Wildman–Crippen LogP) is 2.20. The first kappa shape index (κ1) is 16.6. The molecule has 7 heteroatoms. The van der Waals surface area contributed by atoms with E-state index in [1.807, 2.05) is 17.0 Å². The van der Waals surface area contributed by atoms with Gasteiger partial charge in [0, 0.05) is 37.3 Å². The number of carbonyl (C=O) groups is 2. The molecule has 2 aromatic rings. The quantitative estimate of drug-likeness (QED) is 0.867. The Balaban J connectivity index is 1.79. The molecule has 24 heavy (non-hydrogen) atoms. The van der Waals surface area contributed by atoms with Crippen LogP contribution >= 0.6 is 11.3 Å². The Bertz CT molecular complexity index is 806. The molecule has 0 radical (unpaired) electrons. The summed E-state index contributed by atoms with van der Waals surface area (Å²) in [4.78, 5) is 32.8. The van der Waals surface area contributed by atoms with Gasteiger partial charge in [-0.25, -0.2) is 4.98 Å². The van der Waals surface area contributed by atoms with Gasteiger partial charge >= 0.3 is 0 Å². The largest absolute Gasteiger partial charge is 0.336 e. The first-order valence-corrected chi connectivity index (χ1v) is 8.61. The van der Waals surface area contributed by atoms with Gasteiger partial charge in [-0.3, -0.25) is 14.9 Å². The van der Waals surface area contributed by atoms with Crippen LogP contribution < -0.4 is 5.32 Å². The second-order valence-electron chi connectivity index (χ2n) is 6.03. The molecule has 2 amide bonds. The number of anilines is 1. The zero-order valence-electron chi connectivity index (χ0n) is 13.8. The third kappa shape index (κ3) is 3.47. The van der Waals surface area contributed by atoms with E-state index in [4.69, 9.17) is 0 Å². The summed E-state index contributed by atoms with van der Waals surface area (Å²) in [5.41, 5.74) is 1.86. The van der Waals surface area contributed by atoms with E-state index in [2.05, 4.69) is 28.8 Å². The van der Waals surface area contributed by atoms with E-state index in [0.29, 0.717) is 16.3 Å². The summed E-state index contributed by atoms with van der Waals surface area (Å²) in [7, 11) is 2.06. The minimum atomic E-state index is -0.247. The highest BCUT2D eigenvalue weighted by Crippen LogP contribution is 2.27. The summed E-state index contributed by atoms with van der Waals surface area (Å²) >= 11 is 1.36. The van der Waals surface area contributed by atoms with Crippen LogP contribution in [0.2, 0.25) is 0 Å². The minimum Gasteiger partial charge on any atom is -0.336 e. The highest BCUT2D eigenvalue weighted by molar-refractivity contribution is 7.22. The topological polar surface area (TPSA) is 65.5 Å². The van der Waals surface area contributed by atoms with E-state index in [1.54, 1.807) is 13.0 Å². The van der Waals surface area contributed by atoms with E-state index >= 15 is 0 Å². The summed E-state index contributed by atoms with van der Waals surface area (Å²) in [5.74, 6) is -0.200. The molecule has 1 saturated heterocycles. The maximum atomic E-state index is 12.6. The smallest absolute Gasteiger partial charge is 0.253 e. The molecule has 0 bridgehead atoms. The number of hydrogen-bond acceptors (Lipinski definition) is 5. The van der Waals surface area contributed by atoms with Crippen LogP contribution in [0.1, 0.15) is 17.3 Å². The molecule has 0 atom stereocenters. The van der Waals surface area contributed by atoms with Crippen molar-refractivity contribution in [1.82, 2.24) is 14.8 Å². The number of thiazole rings is 1. The Morgan fingerprint density at radius 2 is 1.96 bits per heavy atom. The van der Waals surface area contributed by atoms with Crippen LogP contribution in [0.4, 0.5) is 5.13 Å². The maximum absolute atomic E-state index is 12.6. The van der Waals surface area contributed by atoms with Gasteiger partial charge in [0.15, 0.2) is 5.13 Å². The highest BCUT2D eigenvalue weighted by Gasteiger charge is 2.21. The highest BCUT2D eigenvalue weighted by atomic mass is 32.1. The fraction of sp³-hybridized carbons (Fsp3) is 0.353. The normalized spacial score (nSPS) is 15.5. The number of hydrogen-bond donors (Lipinski definition) is 1. The first-order chi connectivity index (χ1) is 11.4. The monoisotopic (exact) mass is 344 g/mol. The molecule has 0 unspecified atom stereocenters. The predicted molar refractivity (Wildman–Crippen MR) is 96.5 cm³/mol. The van der Waals surface area contributed by atoms with Crippen LogP contribution in [0.15, 0.2) is 30.4 Å². The van der Waals surface area contributed by atoms with E-state index < -0.39 is 0 Å². The Hall–Kier alpha value is -2.25. The van der Waals surface area contributed by atoms with Gasteiger partial charge in [0.05, 0.1) is 10.2 Å². The van der Waals surface area contributed by atoms with Crippen molar-refractivity contribution in [2.24, 2.45) is 0 Å². The summed E-state index contributed by atoms with van der Waals surface area (Å²) in [6, 6.07) is 5.47. The van der Waals surface area contributed by atoms with Gasteiger partial charge in [0.25, 0.3) is 11.8 Å². The molecule has 1 aromatic carbocycles. The number of benzene rings is 1. The molecule has 1 aliphatic heterocycles. The van der Waals surface area contributed by atoms with Gasteiger partial charge in [0.2, 0.25) is 0 Å². The number of piperazine rings is 1. The van der Waals surface area contributed by atoms with Crippen molar-refractivity contribution in [2.75, 3.05) is 38.5 Å². The van der Waals surface area contributed by atoms with Crippen LogP contribution in [0.5, 0.6) is 0 Å². The Labute approximate surface area is 144 Å². The fourth-order valence-corrected chi connectivity index (χ4v) is 3.41. The molecule has 1 fully saturated rings. The number of carbonyl (C=O) groups excluding carboxylic acids is 2. The minimum absolute atomic E-state index is 0.0471. The lowest BCUT2D eigenvalue weighted by molar-refractivity contribution is -0.112. The van der Waals surface area contributed by atoms with Gasteiger partial charge in [-0.2, -0.15) is 0 Å². The Morgan fingerprint density at radius 3 is 2.62 bits per heavy atom. The zero-order valence-corrected chi connectivity index (χ0v) is 14.7. The molecule has 126 valence electrons. The lowest BCUT2D eigenvalue weighted by Gasteiger charge is -2.32. The molecule has 0 saturated carbocycles. The number of likely N-dealkylation sites (N-methyl/N-ethyl adjacent to an activating group) is 1.